The number of carbonyl (C=O) groups excluding carboxylic acids is 1. The fourth-order valence-electron chi connectivity index (χ4n) is 3.38. The van der Waals surface area contributed by atoms with E-state index in [9.17, 15) is 9.59 Å². The number of anilines is 1. The van der Waals surface area contributed by atoms with Crippen molar-refractivity contribution < 1.29 is 4.79 Å². The molecule has 0 bridgehead atoms. The van der Waals surface area contributed by atoms with E-state index in [-0.39, 0.29) is 16.9 Å². The number of rotatable bonds is 2. The lowest BCUT2D eigenvalue weighted by Gasteiger charge is -2.11. The number of hydrogen-bond donors (Lipinski definition) is 1. The van der Waals surface area contributed by atoms with Crippen molar-refractivity contribution in [3.8, 4) is 0 Å². The van der Waals surface area contributed by atoms with Gasteiger partial charge < -0.3 is 9.88 Å². The van der Waals surface area contributed by atoms with E-state index in [1.165, 1.54) is 5.56 Å². The fourth-order valence-corrected chi connectivity index (χ4v) is 3.38. The molecule has 1 aromatic heterocycles. The molecule has 1 N–H and O–H groups in total. The van der Waals surface area contributed by atoms with E-state index >= 15 is 0 Å². The minimum atomic E-state index is -0.350. The summed E-state index contributed by atoms with van der Waals surface area (Å²) in [7, 11) is 0. The van der Waals surface area contributed by atoms with Gasteiger partial charge in [-0.2, -0.15) is 0 Å². The van der Waals surface area contributed by atoms with E-state index in [4.69, 9.17) is 0 Å². The van der Waals surface area contributed by atoms with Crippen LogP contribution in [0.1, 0.15) is 27.0 Å². The SMILES string of the molecule is Cc1ccc(C)c(NC(=O)c2cn3c4c(cccc4c2=O)CC3)c1. The second-order valence-corrected chi connectivity index (χ2v) is 6.40. The molecule has 1 aliphatic heterocycles. The molecule has 120 valence electrons. The number of nitrogens with zero attached hydrogens (tertiary/aromatic N) is 1. The first kappa shape index (κ1) is 14.7. The standard InChI is InChI=1S/C20H18N2O2/c1-12-6-7-13(2)17(10-12)21-20(24)16-11-22-9-8-14-4-3-5-15(18(14)22)19(16)23/h3-7,10-11H,8-9H2,1-2H3,(H,21,24). The van der Waals surface area contributed by atoms with Crippen LogP contribution in [0.15, 0.2) is 47.4 Å². The molecule has 24 heavy (non-hydrogen) atoms. The lowest BCUT2D eigenvalue weighted by atomic mass is 10.1. The minimum Gasteiger partial charge on any atom is -0.346 e. The van der Waals surface area contributed by atoms with Crippen molar-refractivity contribution in [1.29, 1.82) is 0 Å². The molecule has 4 nitrogen and oxygen atoms in total. The molecule has 4 heteroatoms. The summed E-state index contributed by atoms with van der Waals surface area (Å²) in [6.07, 6.45) is 2.60. The predicted octanol–water partition coefficient (Wildman–Crippen LogP) is 3.43. The summed E-state index contributed by atoms with van der Waals surface area (Å²) in [5.41, 5.74) is 4.91. The highest BCUT2D eigenvalue weighted by Crippen LogP contribution is 2.24. The van der Waals surface area contributed by atoms with Crippen LogP contribution in [0.4, 0.5) is 5.69 Å². The molecule has 3 aromatic rings. The van der Waals surface area contributed by atoms with E-state index in [0.29, 0.717) is 5.39 Å². The molecule has 0 radical (unpaired) electrons. The Kier molecular flexibility index (Phi) is 3.27. The maximum absolute atomic E-state index is 12.8. The van der Waals surface area contributed by atoms with Gasteiger partial charge in [0, 0.05) is 23.8 Å². The van der Waals surface area contributed by atoms with Gasteiger partial charge in [0.15, 0.2) is 0 Å². The summed E-state index contributed by atoms with van der Waals surface area (Å²) in [4.78, 5) is 25.5. The molecule has 1 amide bonds. The van der Waals surface area contributed by atoms with Gasteiger partial charge in [0.1, 0.15) is 5.56 Å². The van der Waals surface area contributed by atoms with E-state index in [0.717, 1.165) is 35.3 Å². The molecule has 0 atom stereocenters. The second kappa shape index (κ2) is 5.34. The first-order chi connectivity index (χ1) is 11.5. The van der Waals surface area contributed by atoms with E-state index in [2.05, 4.69) is 5.32 Å². The van der Waals surface area contributed by atoms with Crippen molar-refractivity contribution in [2.24, 2.45) is 0 Å². The first-order valence-corrected chi connectivity index (χ1v) is 8.08. The van der Waals surface area contributed by atoms with Crippen LogP contribution in [0, 0.1) is 13.8 Å². The number of aryl methyl sites for hydroxylation is 4. The Bertz CT molecular complexity index is 1050. The van der Waals surface area contributed by atoms with Gasteiger partial charge in [-0.15, -0.1) is 0 Å². The molecule has 0 aliphatic carbocycles. The quantitative estimate of drug-likeness (QED) is 0.787. The van der Waals surface area contributed by atoms with E-state index in [1.807, 2.05) is 48.7 Å². The molecule has 0 saturated carbocycles. The Morgan fingerprint density at radius 3 is 2.83 bits per heavy atom. The molecule has 1 aliphatic rings. The number of carbonyl (C=O) groups is 1. The number of benzene rings is 2. The van der Waals surface area contributed by atoms with Crippen LogP contribution in [-0.4, -0.2) is 10.5 Å². The van der Waals surface area contributed by atoms with Gasteiger partial charge in [0.2, 0.25) is 5.43 Å². The summed E-state index contributed by atoms with van der Waals surface area (Å²) in [5, 5.41) is 3.51. The van der Waals surface area contributed by atoms with Gasteiger partial charge in [-0.25, -0.2) is 0 Å². The van der Waals surface area contributed by atoms with Crippen molar-refractivity contribution in [3.05, 3.63) is 75.1 Å². The summed E-state index contributed by atoms with van der Waals surface area (Å²) in [6, 6.07) is 11.6. The summed E-state index contributed by atoms with van der Waals surface area (Å²) in [6.45, 7) is 4.72. The monoisotopic (exact) mass is 318 g/mol. The van der Waals surface area contributed by atoms with E-state index < -0.39 is 0 Å². The topological polar surface area (TPSA) is 51.1 Å². The van der Waals surface area contributed by atoms with Crippen molar-refractivity contribution in [3.63, 3.8) is 0 Å². The summed E-state index contributed by atoms with van der Waals surface area (Å²) >= 11 is 0. The van der Waals surface area contributed by atoms with Crippen LogP contribution in [0.3, 0.4) is 0 Å². The molecule has 2 heterocycles. The predicted molar refractivity (Wildman–Crippen MR) is 95.8 cm³/mol. The molecular formula is C20H18N2O2. The Labute approximate surface area is 139 Å². The average molecular weight is 318 g/mol. The zero-order valence-electron chi connectivity index (χ0n) is 13.7. The fraction of sp³-hybridized carbons (Fsp3) is 0.200. The number of amides is 1. The number of hydrogen-bond acceptors (Lipinski definition) is 2. The number of nitrogens with one attached hydrogen (secondary N) is 1. The Balaban J connectivity index is 1.80. The van der Waals surface area contributed by atoms with Crippen molar-refractivity contribution in [1.82, 2.24) is 4.57 Å². The van der Waals surface area contributed by atoms with Crippen LogP contribution in [-0.2, 0) is 13.0 Å². The largest absolute Gasteiger partial charge is 0.346 e. The zero-order valence-corrected chi connectivity index (χ0v) is 13.7. The highest BCUT2D eigenvalue weighted by atomic mass is 16.2. The Morgan fingerprint density at radius 2 is 2.00 bits per heavy atom. The van der Waals surface area contributed by atoms with Crippen LogP contribution >= 0.6 is 0 Å². The van der Waals surface area contributed by atoms with Crippen LogP contribution in [0.2, 0.25) is 0 Å². The first-order valence-electron chi connectivity index (χ1n) is 8.08. The normalized spacial score (nSPS) is 12.6. The third-order valence-electron chi connectivity index (χ3n) is 4.69. The maximum atomic E-state index is 12.8. The van der Waals surface area contributed by atoms with Gasteiger partial charge >= 0.3 is 0 Å². The summed E-state index contributed by atoms with van der Waals surface area (Å²) < 4.78 is 2.02. The minimum absolute atomic E-state index is 0.197. The van der Waals surface area contributed by atoms with Crippen LogP contribution < -0.4 is 10.7 Å². The van der Waals surface area contributed by atoms with Gasteiger partial charge in [0.25, 0.3) is 5.91 Å². The van der Waals surface area contributed by atoms with Crippen molar-refractivity contribution >= 4 is 22.5 Å². The molecule has 0 fully saturated rings. The Hall–Kier alpha value is -2.88. The van der Waals surface area contributed by atoms with Gasteiger partial charge in [-0.05, 0) is 49.1 Å². The number of aromatic nitrogens is 1. The number of pyridine rings is 1. The second-order valence-electron chi connectivity index (χ2n) is 6.40. The highest BCUT2D eigenvalue weighted by Gasteiger charge is 2.20. The van der Waals surface area contributed by atoms with E-state index in [1.54, 1.807) is 12.3 Å². The molecule has 0 unspecified atom stereocenters. The highest BCUT2D eigenvalue weighted by molar-refractivity contribution is 6.06. The smallest absolute Gasteiger partial charge is 0.261 e. The van der Waals surface area contributed by atoms with Gasteiger partial charge in [-0.1, -0.05) is 24.3 Å². The lowest BCUT2D eigenvalue weighted by Crippen LogP contribution is -2.23. The summed E-state index contributed by atoms with van der Waals surface area (Å²) in [5.74, 6) is -0.350. The molecule has 2 aromatic carbocycles. The molecule has 4 rings (SSSR count). The van der Waals surface area contributed by atoms with Gasteiger partial charge in [-0.3, -0.25) is 9.59 Å². The zero-order chi connectivity index (χ0) is 16.8. The Morgan fingerprint density at radius 1 is 1.17 bits per heavy atom. The lowest BCUT2D eigenvalue weighted by molar-refractivity contribution is 0.102. The van der Waals surface area contributed by atoms with Crippen molar-refractivity contribution in [2.45, 2.75) is 26.8 Å². The molecule has 0 saturated heterocycles. The maximum Gasteiger partial charge on any atom is 0.261 e. The van der Waals surface area contributed by atoms with Gasteiger partial charge in [0.05, 0.1) is 5.52 Å². The third-order valence-corrected chi connectivity index (χ3v) is 4.69. The average Bonchev–Trinajstić information content (AvgIpc) is 2.98. The number of para-hydroxylation sites is 1. The molecule has 0 spiro atoms. The molecular weight excluding hydrogens is 300 g/mol. The van der Waals surface area contributed by atoms with Crippen LogP contribution in [0.5, 0.6) is 0 Å². The van der Waals surface area contributed by atoms with Crippen LogP contribution in [0.25, 0.3) is 10.9 Å². The third kappa shape index (κ3) is 2.22. The van der Waals surface area contributed by atoms with Crippen molar-refractivity contribution in [2.75, 3.05) is 5.32 Å².